The van der Waals surface area contributed by atoms with E-state index in [0.29, 0.717) is 0 Å². The second-order valence-electron chi connectivity index (χ2n) is 4.69. The van der Waals surface area contributed by atoms with Gasteiger partial charge in [0.1, 0.15) is 0 Å². The summed E-state index contributed by atoms with van der Waals surface area (Å²) in [6.07, 6.45) is 5.42. The second kappa shape index (κ2) is 7.55. The van der Waals surface area contributed by atoms with Crippen LogP contribution in [0.4, 0.5) is 0 Å². The van der Waals surface area contributed by atoms with Gasteiger partial charge in [-0.25, -0.2) is 0 Å². The average Bonchev–Trinajstić information content (AvgIpc) is 2.45. The average molecular weight is 251 g/mol. The molecule has 0 saturated heterocycles. The molecule has 19 heavy (non-hydrogen) atoms. The van der Waals surface area contributed by atoms with Crippen molar-refractivity contribution in [3.63, 3.8) is 0 Å². The lowest BCUT2D eigenvalue weighted by atomic mass is 10.1. The van der Waals surface area contributed by atoms with Gasteiger partial charge in [0.15, 0.2) is 0 Å². The molecular weight excluding hydrogens is 230 g/mol. The maximum atomic E-state index is 3.44. The predicted molar refractivity (Wildman–Crippen MR) is 83.2 cm³/mol. The number of aryl methyl sites for hydroxylation is 1. The molecule has 1 nitrogen and oxygen atoms in total. The van der Waals surface area contributed by atoms with E-state index in [1.54, 1.807) is 0 Å². The fraction of sp³-hybridized carbons (Fsp3) is 0.222. The summed E-state index contributed by atoms with van der Waals surface area (Å²) in [7, 11) is 0. The molecule has 0 bridgehead atoms. The minimum Gasteiger partial charge on any atom is -0.313 e. The molecular formula is C18H21N. The van der Waals surface area contributed by atoms with E-state index >= 15 is 0 Å². The molecule has 0 saturated carbocycles. The summed E-state index contributed by atoms with van der Waals surface area (Å²) in [6.45, 7) is 4.11. The topological polar surface area (TPSA) is 12.0 Å². The van der Waals surface area contributed by atoms with Gasteiger partial charge in [0.2, 0.25) is 0 Å². The van der Waals surface area contributed by atoms with Crippen LogP contribution in [-0.4, -0.2) is 13.1 Å². The highest BCUT2D eigenvalue weighted by atomic mass is 14.8. The molecule has 2 aromatic carbocycles. The lowest BCUT2D eigenvalue weighted by Gasteiger charge is -2.05. The van der Waals surface area contributed by atoms with Crippen LogP contribution in [0.25, 0.3) is 6.08 Å². The number of benzene rings is 2. The molecule has 0 fully saturated rings. The van der Waals surface area contributed by atoms with Gasteiger partial charge in [-0.3, -0.25) is 0 Å². The minimum absolute atomic E-state index is 0.917. The standard InChI is InChI=1S/C18H21N/c1-16-8-5-6-12-18(16)13-15-19-14-7-11-17-9-3-2-4-10-17/h2-12,19H,13-15H2,1H3. The third kappa shape index (κ3) is 4.72. The molecule has 1 heteroatoms. The molecule has 0 aliphatic carbocycles. The van der Waals surface area contributed by atoms with E-state index in [-0.39, 0.29) is 0 Å². The predicted octanol–water partition coefficient (Wildman–Crippen LogP) is 3.84. The van der Waals surface area contributed by atoms with Crippen LogP contribution in [0.5, 0.6) is 0 Å². The van der Waals surface area contributed by atoms with Gasteiger partial charge < -0.3 is 5.32 Å². The lowest BCUT2D eigenvalue weighted by Crippen LogP contribution is -2.17. The van der Waals surface area contributed by atoms with Crippen LogP contribution in [-0.2, 0) is 6.42 Å². The molecule has 0 spiro atoms. The molecule has 2 rings (SSSR count). The fourth-order valence-electron chi connectivity index (χ4n) is 2.06. The summed E-state index contributed by atoms with van der Waals surface area (Å²) in [6, 6.07) is 19.0. The largest absolute Gasteiger partial charge is 0.313 e. The maximum Gasteiger partial charge on any atom is 0.0138 e. The molecule has 1 N–H and O–H groups in total. The Labute approximate surface area is 116 Å². The Hall–Kier alpha value is -1.86. The van der Waals surface area contributed by atoms with Gasteiger partial charge in [-0.05, 0) is 36.6 Å². The van der Waals surface area contributed by atoms with Gasteiger partial charge in [-0.1, -0.05) is 66.7 Å². The van der Waals surface area contributed by atoms with Crippen molar-refractivity contribution in [2.75, 3.05) is 13.1 Å². The Morgan fingerprint density at radius 2 is 1.68 bits per heavy atom. The number of hydrogen-bond acceptors (Lipinski definition) is 1. The van der Waals surface area contributed by atoms with Crippen LogP contribution in [0.1, 0.15) is 16.7 Å². The zero-order valence-electron chi connectivity index (χ0n) is 11.5. The number of hydrogen-bond donors (Lipinski definition) is 1. The third-order valence-corrected chi connectivity index (χ3v) is 3.20. The van der Waals surface area contributed by atoms with E-state index in [1.807, 2.05) is 6.07 Å². The van der Waals surface area contributed by atoms with Crippen molar-refractivity contribution in [2.24, 2.45) is 0 Å². The first-order valence-corrected chi connectivity index (χ1v) is 6.83. The van der Waals surface area contributed by atoms with Crippen LogP contribution in [0.15, 0.2) is 60.7 Å². The first kappa shape index (κ1) is 13.6. The summed E-state index contributed by atoms with van der Waals surface area (Å²) in [5.74, 6) is 0. The Morgan fingerprint density at radius 1 is 0.947 bits per heavy atom. The van der Waals surface area contributed by atoms with Gasteiger partial charge >= 0.3 is 0 Å². The van der Waals surface area contributed by atoms with E-state index in [9.17, 15) is 0 Å². The second-order valence-corrected chi connectivity index (χ2v) is 4.69. The fourth-order valence-corrected chi connectivity index (χ4v) is 2.06. The van der Waals surface area contributed by atoms with E-state index in [1.165, 1.54) is 16.7 Å². The van der Waals surface area contributed by atoms with Gasteiger partial charge in [-0.2, -0.15) is 0 Å². The van der Waals surface area contributed by atoms with Crippen LogP contribution >= 0.6 is 0 Å². The van der Waals surface area contributed by atoms with Crippen molar-refractivity contribution < 1.29 is 0 Å². The highest BCUT2D eigenvalue weighted by Gasteiger charge is 1.95. The summed E-state index contributed by atoms with van der Waals surface area (Å²) in [5.41, 5.74) is 4.06. The third-order valence-electron chi connectivity index (χ3n) is 3.20. The van der Waals surface area contributed by atoms with Gasteiger partial charge in [-0.15, -0.1) is 0 Å². The highest BCUT2D eigenvalue weighted by molar-refractivity contribution is 5.48. The first-order valence-electron chi connectivity index (χ1n) is 6.83. The van der Waals surface area contributed by atoms with Crippen LogP contribution in [0.3, 0.4) is 0 Å². The van der Waals surface area contributed by atoms with Crippen molar-refractivity contribution in [1.29, 1.82) is 0 Å². The minimum atomic E-state index is 0.917. The molecule has 0 amide bonds. The number of nitrogens with one attached hydrogen (secondary N) is 1. The zero-order chi connectivity index (χ0) is 13.3. The molecule has 0 radical (unpaired) electrons. The van der Waals surface area contributed by atoms with Gasteiger partial charge in [0, 0.05) is 6.54 Å². The molecule has 0 aliphatic rings. The lowest BCUT2D eigenvalue weighted by molar-refractivity contribution is 0.743. The molecule has 0 unspecified atom stereocenters. The van der Waals surface area contributed by atoms with Gasteiger partial charge in [0.25, 0.3) is 0 Å². The molecule has 0 aliphatic heterocycles. The zero-order valence-corrected chi connectivity index (χ0v) is 11.5. The molecule has 2 aromatic rings. The Balaban J connectivity index is 1.68. The molecule has 0 aromatic heterocycles. The molecule has 98 valence electrons. The molecule has 0 atom stereocenters. The summed E-state index contributed by atoms with van der Waals surface area (Å²) < 4.78 is 0. The van der Waals surface area contributed by atoms with E-state index in [0.717, 1.165) is 19.5 Å². The normalized spacial score (nSPS) is 11.0. The number of rotatable bonds is 6. The first-order chi connectivity index (χ1) is 9.36. The summed E-state index contributed by atoms with van der Waals surface area (Å²) >= 11 is 0. The Kier molecular flexibility index (Phi) is 5.39. The van der Waals surface area contributed by atoms with Crippen LogP contribution in [0.2, 0.25) is 0 Å². The van der Waals surface area contributed by atoms with E-state index < -0.39 is 0 Å². The van der Waals surface area contributed by atoms with Crippen molar-refractivity contribution in [3.8, 4) is 0 Å². The van der Waals surface area contributed by atoms with Crippen LogP contribution in [0, 0.1) is 6.92 Å². The van der Waals surface area contributed by atoms with Crippen molar-refractivity contribution in [2.45, 2.75) is 13.3 Å². The summed E-state index contributed by atoms with van der Waals surface area (Å²) in [4.78, 5) is 0. The smallest absolute Gasteiger partial charge is 0.0138 e. The van der Waals surface area contributed by atoms with E-state index in [4.69, 9.17) is 0 Å². The van der Waals surface area contributed by atoms with Crippen molar-refractivity contribution in [1.82, 2.24) is 5.32 Å². The Bertz CT molecular complexity index is 514. The van der Waals surface area contributed by atoms with Crippen molar-refractivity contribution in [3.05, 3.63) is 77.4 Å². The van der Waals surface area contributed by atoms with Crippen LogP contribution < -0.4 is 5.32 Å². The van der Waals surface area contributed by atoms with Gasteiger partial charge in [0.05, 0.1) is 0 Å². The summed E-state index contributed by atoms with van der Waals surface area (Å²) in [5, 5.41) is 3.44. The highest BCUT2D eigenvalue weighted by Crippen LogP contribution is 2.06. The molecule has 0 heterocycles. The van der Waals surface area contributed by atoms with E-state index in [2.05, 4.69) is 72.9 Å². The van der Waals surface area contributed by atoms with Crippen molar-refractivity contribution >= 4 is 6.08 Å². The SMILES string of the molecule is Cc1ccccc1CCNCC=Cc1ccccc1. The maximum absolute atomic E-state index is 3.44. The quantitative estimate of drug-likeness (QED) is 0.769. The Morgan fingerprint density at radius 3 is 2.47 bits per heavy atom. The monoisotopic (exact) mass is 251 g/mol.